The number of aliphatic carboxylic acids is 1. The van der Waals surface area contributed by atoms with Gasteiger partial charge in [0.05, 0.1) is 0 Å². The minimum Gasteiger partial charge on any atom is -0.478 e. The van der Waals surface area contributed by atoms with E-state index in [1.165, 1.54) is 12.2 Å². The van der Waals surface area contributed by atoms with Gasteiger partial charge >= 0.3 is 5.97 Å². The zero-order valence-corrected chi connectivity index (χ0v) is 5.67. The Kier molecular flexibility index (Phi) is 4.20. The SMILES string of the molecule is CC(/C=C/CF)=C\C(=O)O. The van der Waals surface area contributed by atoms with Gasteiger partial charge in [-0.05, 0) is 12.5 Å². The van der Waals surface area contributed by atoms with E-state index in [0.29, 0.717) is 5.57 Å². The second-order valence-corrected chi connectivity index (χ2v) is 1.78. The van der Waals surface area contributed by atoms with Crippen LogP contribution >= 0.6 is 0 Å². The summed E-state index contributed by atoms with van der Waals surface area (Å²) >= 11 is 0. The van der Waals surface area contributed by atoms with Crippen LogP contribution in [0.1, 0.15) is 6.92 Å². The van der Waals surface area contributed by atoms with Gasteiger partial charge in [-0.25, -0.2) is 9.18 Å². The van der Waals surface area contributed by atoms with Crippen molar-refractivity contribution >= 4 is 5.97 Å². The van der Waals surface area contributed by atoms with E-state index in [4.69, 9.17) is 5.11 Å². The molecule has 0 aromatic rings. The lowest BCUT2D eigenvalue weighted by molar-refractivity contribution is -0.131. The predicted octanol–water partition coefficient (Wildman–Crippen LogP) is 1.54. The Bertz CT molecular complexity index is 170. The smallest absolute Gasteiger partial charge is 0.328 e. The first-order valence-electron chi connectivity index (χ1n) is 2.80. The molecule has 10 heavy (non-hydrogen) atoms. The van der Waals surface area contributed by atoms with Gasteiger partial charge in [-0.2, -0.15) is 0 Å². The Hall–Kier alpha value is -1.12. The van der Waals surface area contributed by atoms with Gasteiger partial charge < -0.3 is 5.11 Å². The number of hydrogen-bond donors (Lipinski definition) is 1. The molecule has 0 aliphatic rings. The van der Waals surface area contributed by atoms with E-state index in [1.54, 1.807) is 6.92 Å². The lowest BCUT2D eigenvalue weighted by atomic mass is 10.2. The normalized spacial score (nSPS) is 12.4. The maximum absolute atomic E-state index is 11.4. The van der Waals surface area contributed by atoms with E-state index in [0.717, 1.165) is 6.08 Å². The van der Waals surface area contributed by atoms with Crippen LogP contribution in [0, 0.1) is 0 Å². The molecule has 0 aliphatic carbocycles. The molecule has 0 unspecified atom stereocenters. The average molecular weight is 144 g/mol. The van der Waals surface area contributed by atoms with Gasteiger partial charge in [0.2, 0.25) is 0 Å². The lowest BCUT2D eigenvalue weighted by Crippen LogP contribution is -1.87. The van der Waals surface area contributed by atoms with Crippen LogP contribution in [-0.4, -0.2) is 17.8 Å². The molecule has 0 amide bonds. The number of rotatable bonds is 3. The van der Waals surface area contributed by atoms with Gasteiger partial charge in [0.25, 0.3) is 0 Å². The molecule has 0 rings (SSSR count). The fourth-order valence-corrected chi connectivity index (χ4v) is 0.473. The molecule has 0 saturated carbocycles. The number of carboxylic acid groups (broad SMARTS) is 1. The van der Waals surface area contributed by atoms with Crippen molar-refractivity contribution in [3.8, 4) is 0 Å². The first kappa shape index (κ1) is 8.88. The molecular formula is C7H9FO2. The molecule has 0 heterocycles. The summed E-state index contributed by atoms with van der Waals surface area (Å²) in [5.74, 6) is -1.01. The Morgan fingerprint density at radius 2 is 2.30 bits per heavy atom. The summed E-state index contributed by atoms with van der Waals surface area (Å²) in [6.07, 6.45) is 3.70. The summed E-state index contributed by atoms with van der Waals surface area (Å²) in [6.45, 7) is 1.03. The van der Waals surface area contributed by atoms with Gasteiger partial charge in [-0.3, -0.25) is 0 Å². The molecule has 0 aliphatic heterocycles. The summed E-state index contributed by atoms with van der Waals surface area (Å²) in [5, 5.41) is 8.18. The molecule has 3 heteroatoms. The summed E-state index contributed by atoms with van der Waals surface area (Å²) in [6, 6.07) is 0. The summed E-state index contributed by atoms with van der Waals surface area (Å²) in [7, 11) is 0. The monoisotopic (exact) mass is 144 g/mol. The number of carbonyl (C=O) groups is 1. The number of carboxylic acids is 1. The predicted molar refractivity (Wildman–Crippen MR) is 36.5 cm³/mol. The number of hydrogen-bond acceptors (Lipinski definition) is 1. The Balaban J connectivity index is 3.94. The van der Waals surface area contributed by atoms with Crippen molar-refractivity contribution in [3.63, 3.8) is 0 Å². The standard InChI is InChI=1S/C7H9FO2/c1-6(3-2-4-8)5-7(9)10/h2-3,5H,4H2,1H3,(H,9,10)/b3-2+,6-5+. The molecule has 0 bridgehead atoms. The highest BCUT2D eigenvalue weighted by molar-refractivity contribution is 5.81. The van der Waals surface area contributed by atoms with E-state index in [1.807, 2.05) is 0 Å². The van der Waals surface area contributed by atoms with Crippen LogP contribution in [0.2, 0.25) is 0 Å². The van der Waals surface area contributed by atoms with E-state index in [2.05, 4.69) is 0 Å². The van der Waals surface area contributed by atoms with Crippen LogP contribution < -0.4 is 0 Å². The van der Waals surface area contributed by atoms with Gasteiger partial charge in [0.1, 0.15) is 6.67 Å². The minimum atomic E-state index is -1.01. The largest absolute Gasteiger partial charge is 0.478 e. The highest BCUT2D eigenvalue weighted by Gasteiger charge is 1.87. The fraction of sp³-hybridized carbons (Fsp3) is 0.286. The molecule has 0 aromatic carbocycles. The van der Waals surface area contributed by atoms with Crippen molar-refractivity contribution in [2.75, 3.05) is 6.67 Å². The van der Waals surface area contributed by atoms with Crippen LogP contribution in [0.5, 0.6) is 0 Å². The van der Waals surface area contributed by atoms with Crippen molar-refractivity contribution in [3.05, 3.63) is 23.8 Å². The van der Waals surface area contributed by atoms with Crippen molar-refractivity contribution in [1.29, 1.82) is 0 Å². The van der Waals surface area contributed by atoms with E-state index < -0.39 is 12.6 Å². The molecule has 0 fully saturated rings. The first-order valence-corrected chi connectivity index (χ1v) is 2.80. The van der Waals surface area contributed by atoms with Gasteiger partial charge in [0.15, 0.2) is 0 Å². The molecule has 0 spiro atoms. The third kappa shape index (κ3) is 5.03. The van der Waals surface area contributed by atoms with Crippen LogP contribution in [0.25, 0.3) is 0 Å². The molecule has 0 atom stereocenters. The Morgan fingerprint density at radius 1 is 1.70 bits per heavy atom. The summed E-state index contributed by atoms with van der Waals surface area (Å²) < 4.78 is 11.4. The van der Waals surface area contributed by atoms with Gasteiger partial charge in [-0.1, -0.05) is 12.2 Å². The van der Waals surface area contributed by atoms with Crippen LogP contribution in [0.3, 0.4) is 0 Å². The van der Waals surface area contributed by atoms with Crippen LogP contribution in [0.4, 0.5) is 4.39 Å². The minimum absolute atomic E-state index is 0.533. The molecule has 0 saturated heterocycles. The van der Waals surface area contributed by atoms with E-state index in [-0.39, 0.29) is 0 Å². The Morgan fingerprint density at radius 3 is 2.70 bits per heavy atom. The Labute approximate surface area is 58.7 Å². The molecule has 0 aromatic heterocycles. The maximum atomic E-state index is 11.4. The van der Waals surface area contributed by atoms with Gasteiger partial charge in [0, 0.05) is 6.08 Å². The number of alkyl halides is 1. The third-order valence-corrected chi connectivity index (χ3v) is 0.821. The topological polar surface area (TPSA) is 37.3 Å². The lowest BCUT2D eigenvalue weighted by Gasteiger charge is -1.85. The second kappa shape index (κ2) is 4.73. The van der Waals surface area contributed by atoms with Crippen molar-refractivity contribution < 1.29 is 14.3 Å². The molecular weight excluding hydrogens is 135 g/mol. The van der Waals surface area contributed by atoms with Crippen molar-refractivity contribution in [2.24, 2.45) is 0 Å². The zero-order chi connectivity index (χ0) is 7.98. The molecule has 1 N–H and O–H groups in total. The highest BCUT2D eigenvalue weighted by Crippen LogP contribution is 1.93. The van der Waals surface area contributed by atoms with Crippen molar-refractivity contribution in [2.45, 2.75) is 6.92 Å². The third-order valence-electron chi connectivity index (χ3n) is 0.821. The number of halogens is 1. The highest BCUT2D eigenvalue weighted by atomic mass is 19.1. The maximum Gasteiger partial charge on any atom is 0.328 e. The van der Waals surface area contributed by atoms with Crippen molar-refractivity contribution in [1.82, 2.24) is 0 Å². The average Bonchev–Trinajstić information content (AvgIpc) is 1.82. The van der Waals surface area contributed by atoms with Crippen LogP contribution in [-0.2, 0) is 4.79 Å². The molecule has 56 valence electrons. The van der Waals surface area contributed by atoms with Gasteiger partial charge in [-0.15, -0.1) is 0 Å². The quantitative estimate of drug-likeness (QED) is 0.482. The summed E-state index contributed by atoms with van der Waals surface area (Å²) in [5.41, 5.74) is 0.533. The first-order chi connectivity index (χ1) is 4.66. The zero-order valence-electron chi connectivity index (χ0n) is 5.67. The number of allylic oxidation sites excluding steroid dienone is 3. The van der Waals surface area contributed by atoms with E-state index >= 15 is 0 Å². The fourth-order valence-electron chi connectivity index (χ4n) is 0.473. The molecule has 0 radical (unpaired) electrons. The molecule has 2 nitrogen and oxygen atoms in total. The van der Waals surface area contributed by atoms with Crippen LogP contribution in [0.15, 0.2) is 23.8 Å². The van der Waals surface area contributed by atoms with E-state index in [9.17, 15) is 9.18 Å². The summed E-state index contributed by atoms with van der Waals surface area (Å²) in [4.78, 5) is 9.97. The second-order valence-electron chi connectivity index (χ2n) is 1.78.